The van der Waals surface area contributed by atoms with Gasteiger partial charge in [0, 0.05) is 19.2 Å². The number of hydrogen-bond acceptors (Lipinski definition) is 4. The van der Waals surface area contributed by atoms with Crippen LogP contribution in [0.4, 0.5) is 8.78 Å². The SMILES string of the molecule is N=CCNCC(F)(F)C[C@H](N)C(=O)O. The summed E-state index contributed by atoms with van der Waals surface area (Å²) in [4.78, 5) is 10.2. The number of carboxylic acids is 1. The van der Waals surface area contributed by atoms with Crippen molar-refractivity contribution >= 4 is 12.2 Å². The summed E-state index contributed by atoms with van der Waals surface area (Å²) in [5.74, 6) is -4.61. The zero-order chi connectivity index (χ0) is 11.2. The summed E-state index contributed by atoms with van der Waals surface area (Å²) in [5, 5.41) is 17.1. The van der Waals surface area contributed by atoms with E-state index in [1.54, 1.807) is 0 Å². The monoisotopic (exact) mass is 209 g/mol. The molecule has 0 rings (SSSR count). The molecule has 0 radical (unpaired) electrons. The molecule has 0 aromatic heterocycles. The zero-order valence-electron chi connectivity index (χ0n) is 7.46. The Morgan fingerprint density at radius 2 is 2.29 bits per heavy atom. The van der Waals surface area contributed by atoms with Crippen molar-refractivity contribution in [3.05, 3.63) is 0 Å². The minimum absolute atomic E-state index is 0.0257. The van der Waals surface area contributed by atoms with E-state index in [-0.39, 0.29) is 6.54 Å². The normalized spacial score (nSPS) is 13.6. The van der Waals surface area contributed by atoms with Crippen LogP contribution in [0.1, 0.15) is 6.42 Å². The predicted octanol–water partition coefficient (Wildman–Crippen LogP) is -0.337. The molecule has 0 aromatic rings. The van der Waals surface area contributed by atoms with Crippen molar-refractivity contribution in [1.29, 1.82) is 5.41 Å². The summed E-state index contributed by atoms with van der Waals surface area (Å²) < 4.78 is 25.8. The van der Waals surface area contributed by atoms with Crippen LogP contribution in [0.3, 0.4) is 0 Å². The summed E-state index contributed by atoms with van der Waals surface area (Å²) in [5.41, 5.74) is 4.95. The Kier molecular flexibility index (Phi) is 5.18. The molecule has 82 valence electrons. The second kappa shape index (κ2) is 5.61. The first-order chi connectivity index (χ1) is 6.39. The van der Waals surface area contributed by atoms with Gasteiger partial charge in [-0.05, 0) is 0 Å². The molecular weight excluding hydrogens is 196 g/mol. The van der Waals surface area contributed by atoms with Crippen LogP contribution in [0, 0.1) is 5.41 Å². The maximum Gasteiger partial charge on any atom is 0.320 e. The molecule has 0 spiro atoms. The van der Waals surface area contributed by atoms with E-state index < -0.39 is 30.9 Å². The van der Waals surface area contributed by atoms with Crippen LogP contribution in [0.2, 0.25) is 0 Å². The average Bonchev–Trinajstić information content (AvgIpc) is 2.03. The molecule has 0 unspecified atom stereocenters. The number of nitrogens with one attached hydrogen (secondary N) is 2. The third-order valence-electron chi connectivity index (χ3n) is 1.47. The van der Waals surface area contributed by atoms with Crippen molar-refractivity contribution in [2.75, 3.05) is 13.1 Å². The highest BCUT2D eigenvalue weighted by molar-refractivity contribution is 5.73. The summed E-state index contributed by atoms with van der Waals surface area (Å²) in [7, 11) is 0. The number of aliphatic carboxylic acids is 1. The van der Waals surface area contributed by atoms with Crippen molar-refractivity contribution < 1.29 is 18.7 Å². The van der Waals surface area contributed by atoms with Gasteiger partial charge in [0.2, 0.25) is 0 Å². The number of alkyl halides is 2. The molecule has 0 aliphatic rings. The summed E-state index contributed by atoms with van der Waals surface area (Å²) in [6, 6.07) is -1.56. The van der Waals surface area contributed by atoms with Gasteiger partial charge in [-0.1, -0.05) is 0 Å². The van der Waals surface area contributed by atoms with Crippen molar-refractivity contribution in [1.82, 2.24) is 5.32 Å². The first kappa shape index (κ1) is 12.9. The van der Waals surface area contributed by atoms with Gasteiger partial charge in [0.05, 0.1) is 6.54 Å². The lowest BCUT2D eigenvalue weighted by Crippen LogP contribution is -2.42. The van der Waals surface area contributed by atoms with Gasteiger partial charge in [-0.15, -0.1) is 0 Å². The highest BCUT2D eigenvalue weighted by Crippen LogP contribution is 2.18. The molecule has 7 heteroatoms. The highest BCUT2D eigenvalue weighted by atomic mass is 19.3. The standard InChI is InChI=1S/C7H13F2N3O2/c8-7(9,4-12-2-1-10)3-5(11)6(13)14/h1,5,10,12H,2-4,11H2,(H,13,14)/t5-/m0/s1. The van der Waals surface area contributed by atoms with Crippen LogP contribution in [-0.2, 0) is 4.79 Å². The number of rotatable bonds is 7. The minimum Gasteiger partial charge on any atom is -0.480 e. The lowest BCUT2D eigenvalue weighted by atomic mass is 10.1. The van der Waals surface area contributed by atoms with E-state index in [0.717, 1.165) is 6.21 Å². The van der Waals surface area contributed by atoms with Crippen molar-refractivity contribution in [3.63, 3.8) is 0 Å². The van der Waals surface area contributed by atoms with Crippen LogP contribution in [0.5, 0.6) is 0 Å². The quantitative estimate of drug-likeness (QED) is 0.340. The first-order valence-electron chi connectivity index (χ1n) is 3.95. The Balaban J connectivity index is 3.92. The van der Waals surface area contributed by atoms with Crippen LogP contribution in [0.25, 0.3) is 0 Å². The van der Waals surface area contributed by atoms with E-state index in [0.29, 0.717) is 0 Å². The largest absolute Gasteiger partial charge is 0.480 e. The second-order valence-electron chi connectivity index (χ2n) is 2.84. The molecule has 14 heavy (non-hydrogen) atoms. The van der Waals surface area contributed by atoms with E-state index in [1.165, 1.54) is 0 Å². The van der Waals surface area contributed by atoms with Crippen LogP contribution in [0.15, 0.2) is 0 Å². The zero-order valence-corrected chi connectivity index (χ0v) is 7.46. The van der Waals surface area contributed by atoms with E-state index in [9.17, 15) is 13.6 Å². The molecule has 0 aliphatic heterocycles. The smallest absolute Gasteiger partial charge is 0.320 e. The molecule has 0 fully saturated rings. The number of hydrogen-bond donors (Lipinski definition) is 4. The lowest BCUT2D eigenvalue weighted by molar-refractivity contribution is -0.141. The minimum atomic E-state index is -3.17. The van der Waals surface area contributed by atoms with Crippen LogP contribution >= 0.6 is 0 Å². The van der Waals surface area contributed by atoms with Gasteiger partial charge in [0.1, 0.15) is 6.04 Å². The third kappa shape index (κ3) is 5.55. The molecule has 0 saturated heterocycles. The number of carbonyl (C=O) groups is 1. The van der Waals surface area contributed by atoms with Crippen molar-refractivity contribution in [2.45, 2.75) is 18.4 Å². The van der Waals surface area contributed by atoms with Gasteiger partial charge >= 0.3 is 5.97 Å². The fourth-order valence-electron chi connectivity index (χ4n) is 0.808. The molecule has 0 bridgehead atoms. The highest BCUT2D eigenvalue weighted by Gasteiger charge is 2.33. The Morgan fingerprint density at radius 1 is 1.71 bits per heavy atom. The Bertz CT molecular complexity index is 211. The summed E-state index contributed by atoms with van der Waals surface area (Å²) >= 11 is 0. The molecule has 5 nitrogen and oxygen atoms in total. The lowest BCUT2D eigenvalue weighted by Gasteiger charge is -2.18. The Hall–Kier alpha value is -1.08. The summed E-state index contributed by atoms with van der Waals surface area (Å²) in [6.45, 7) is -0.652. The van der Waals surface area contributed by atoms with Gasteiger partial charge in [0.25, 0.3) is 5.92 Å². The van der Waals surface area contributed by atoms with Gasteiger partial charge < -0.3 is 21.6 Å². The van der Waals surface area contributed by atoms with Gasteiger partial charge in [-0.2, -0.15) is 0 Å². The number of nitrogens with two attached hydrogens (primary N) is 1. The molecule has 0 heterocycles. The van der Waals surface area contributed by atoms with Crippen molar-refractivity contribution in [2.24, 2.45) is 5.73 Å². The van der Waals surface area contributed by atoms with Crippen LogP contribution in [-0.4, -0.2) is 42.3 Å². The first-order valence-corrected chi connectivity index (χ1v) is 3.95. The molecule has 1 atom stereocenters. The van der Waals surface area contributed by atoms with E-state index >= 15 is 0 Å². The summed E-state index contributed by atoms with van der Waals surface area (Å²) in [6.07, 6.45) is 0.0283. The number of halogens is 2. The van der Waals surface area contributed by atoms with E-state index in [2.05, 4.69) is 5.32 Å². The van der Waals surface area contributed by atoms with Gasteiger partial charge in [0.15, 0.2) is 0 Å². The molecule has 0 aromatic carbocycles. The Morgan fingerprint density at radius 3 is 2.71 bits per heavy atom. The maximum absolute atomic E-state index is 12.9. The molecule has 0 amide bonds. The molecule has 5 N–H and O–H groups in total. The molecular formula is C7H13F2N3O2. The van der Waals surface area contributed by atoms with Crippen LogP contribution < -0.4 is 11.1 Å². The fourth-order valence-corrected chi connectivity index (χ4v) is 0.808. The fraction of sp³-hybridized carbons (Fsp3) is 0.714. The third-order valence-corrected chi connectivity index (χ3v) is 1.47. The average molecular weight is 209 g/mol. The molecule has 0 aliphatic carbocycles. The number of carboxylic acid groups (broad SMARTS) is 1. The maximum atomic E-state index is 12.9. The Labute approximate surface area is 79.8 Å². The second-order valence-corrected chi connectivity index (χ2v) is 2.84. The van der Waals surface area contributed by atoms with Gasteiger partial charge in [-0.3, -0.25) is 4.79 Å². The molecule has 0 saturated carbocycles. The van der Waals surface area contributed by atoms with Gasteiger partial charge in [-0.25, -0.2) is 8.78 Å². The van der Waals surface area contributed by atoms with E-state index in [1.807, 2.05) is 0 Å². The topological polar surface area (TPSA) is 99.2 Å². The van der Waals surface area contributed by atoms with Crippen molar-refractivity contribution in [3.8, 4) is 0 Å². The predicted molar refractivity (Wildman–Crippen MR) is 46.8 cm³/mol. The van der Waals surface area contributed by atoms with E-state index in [4.69, 9.17) is 16.2 Å².